The second kappa shape index (κ2) is 8.25. The van der Waals surface area contributed by atoms with Crippen LogP contribution in [0.25, 0.3) is 11.0 Å². The van der Waals surface area contributed by atoms with E-state index < -0.39 is 0 Å². The number of hydrogen-bond acceptors (Lipinski definition) is 4. The van der Waals surface area contributed by atoms with Crippen molar-refractivity contribution in [3.63, 3.8) is 0 Å². The van der Waals surface area contributed by atoms with E-state index in [0.717, 1.165) is 34.3 Å². The summed E-state index contributed by atoms with van der Waals surface area (Å²) in [6, 6.07) is 11.3. The number of amides is 2. The Kier molecular flexibility index (Phi) is 5.78. The number of anilines is 1. The van der Waals surface area contributed by atoms with E-state index in [0.29, 0.717) is 23.7 Å². The molecule has 2 aromatic carbocycles. The standard InChI is InChI=1S/C22H26N2O4/c1-6-18-16(15-9-7-8-10-19(15)28-18)13-24(3)22(25)23-17-12-21(27-5)20(26-4)11-14(17)2/h7-12H,6,13H2,1-5H3,(H,23,25). The van der Waals surface area contributed by atoms with Crippen LogP contribution < -0.4 is 14.8 Å². The van der Waals surface area contributed by atoms with Crippen molar-refractivity contribution in [3.05, 3.63) is 53.3 Å². The molecule has 0 aliphatic heterocycles. The van der Waals surface area contributed by atoms with Gasteiger partial charge in [-0.25, -0.2) is 4.79 Å². The van der Waals surface area contributed by atoms with Crippen molar-refractivity contribution in [2.24, 2.45) is 0 Å². The number of aryl methyl sites for hydroxylation is 2. The molecule has 1 N–H and O–H groups in total. The van der Waals surface area contributed by atoms with Gasteiger partial charge in [-0.05, 0) is 24.6 Å². The average molecular weight is 382 g/mol. The SMILES string of the molecule is CCc1oc2ccccc2c1CN(C)C(=O)Nc1cc(OC)c(OC)cc1C. The smallest absolute Gasteiger partial charge is 0.321 e. The van der Waals surface area contributed by atoms with E-state index in [9.17, 15) is 4.79 Å². The fraction of sp³-hybridized carbons (Fsp3) is 0.318. The Balaban J connectivity index is 1.81. The van der Waals surface area contributed by atoms with Gasteiger partial charge in [-0.2, -0.15) is 0 Å². The van der Waals surface area contributed by atoms with Crippen LogP contribution in [-0.4, -0.2) is 32.2 Å². The number of nitrogens with one attached hydrogen (secondary N) is 1. The molecule has 1 heterocycles. The predicted octanol–water partition coefficient (Wildman–Crippen LogP) is 4.98. The van der Waals surface area contributed by atoms with Crippen LogP contribution in [0.3, 0.4) is 0 Å². The highest BCUT2D eigenvalue weighted by atomic mass is 16.5. The lowest BCUT2D eigenvalue weighted by Crippen LogP contribution is -2.31. The highest BCUT2D eigenvalue weighted by Gasteiger charge is 2.18. The molecular formula is C22H26N2O4. The number of nitrogens with zero attached hydrogens (tertiary/aromatic N) is 1. The first-order valence-electron chi connectivity index (χ1n) is 9.22. The molecule has 6 heteroatoms. The van der Waals surface area contributed by atoms with Crippen LogP contribution in [0.15, 0.2) is 40.8 Å². The van der Waals surface area contributed by atoms with Gasteiger partial charge >= 0.3 is 6.03 Å². The van der Waals surface area contributed by atoms with E-state index in [-0.39, 0.29) is 6.03 Å². The topological polar surface area (TPSA) is 63.9 Å². The van der Waals surface area contributed by atoms with Crippen LogP contribution >= 0.6 is 0 Å². The number of carbonyl (C=O) groups excluding carboxylic acids is 1. The van der Waals surface area contributed by atoms with Gasteiger partial charge in [0.1, 0.15) is 11.3 Å². The van der Waals surface area contributed by atoms with E-state index in [1.807, 2.05) is 44.2 Å². The molecule has 0 saturated carbocycles. The van der Waals surface area contributed by atoms with E-state index in [2.05, 4.69) is 5.32 Å². The van der Waals surface area contributed by atoms with Crippen molar-refractivity contribution in [1.82, 2.24) is 4.90 Å². The third kappa shape index (κ3) is 3.76. The zero-order valence-electron chi connectivity index (χ0n) is 17.0. The maximum Gasteiger partial charge on any atom is 0.321 e. The molecule has 6 nitrogen and oxygen atoms in total. The minimum absolute atomic E-state index is 0.206. The number of hydrogen-bond donors (Lipinski definition) is 1. The number of para-hydroxylation sites is 1. The lowest BCUT2D eigenvalue weighted by atomic mass is 10.1. The molecule has 3 aromatic rings. The molecule has 0 aliphatic rings. The Morgan fingerprint density at radius 2 is 1.82 bits per heavy atom. The van der Waals surface area contributed by atoms with Crippen molar-refractivity contribution in [1.29, 1.82) is 0 Å². The van der Waals surface area contributed by atoms with Crippen LogP contribution in [0.2, 0.25) is 0 Å². The fourth-order valence-corrected chi connectivity index (χ4v) is 3.24. The Bertz CT molecular complexity index is 994. The number of methoxy groups -OCH3 is 2. The molecule has 0 unspecified atom stereocenters. The quantitative estimate of drug-likeness (QED) is 0.653. The first kappa shape index (κ1) is 19.6. The van der Waals surface area contributed by atoms with Gasteiger partial charge in [-0.3, -0.25) is 0 Å². The van der Waals surface area contributed by atoms with Crippen LogP contribution in [0.4, 0.5) is 10.5 Å². The first-order valence-corrected chi connectivity index (χ1v) is 9.22. The summed E-state index contributed by atoms with van der Waals surface area (Å²) in [6.45, 7) is 4.42. The second-order valence-corrected chi connectivity index (χ2v) is 6.66. The lowest BCUT2D eigenvalue weighted by Gasteiger charge is -2.20. The zero-order chi connectivity index (χ0) is 20.3. The maximum atomic E-state index is 12.8. The van der Waals surface area contributed by atoms with Gasteiger partial charge in [0.2, 0.25) is 0 Å². The van der Waals surface area contributed by atoms with E-state index in [1.54, 1.807) is 32.2 Å². The number of urea groups is 1. The summed E-state index contributed by atoms with van der Waals surface area (Å²) < 4.78 is 16.6. The first-order chi connectivity index (χ1) is 13.5. The summed E-state index contributed by atoms with van der Waals surface area (Å²) in [5.41, 5.74) is 3.46. The van der Waals surface area contributed by atoms with Crippen LogP contribution in [0, 0.1) is 6.92 Å². The summed E-state index contributed by atoms with van der Waals surface area (Å²) in [5.74, 6) is 2.10. The molecule has 0 radical (unpaired) electrons. The summed E-state index contributed by atoms with van der Waals surface area (Å²) >= 11 is 0. The minimum atomic E-state index is -0.206. The molecule has 3 rings (SSSR count). The third-order valence-corrected chi connectivity index (χ3v) is 4.82. The van der Waals surface area contributed by atoms with Crippen molar-refractivity contribution in [2.75, 3.05) is 26.6 Å². The molecule has 0 aliphatic carbocycles. The number of benzene rings is 2. The fourth-order valence-electron chi connectivity index (χ4n) is 3.24. The summed E-state index contributed by atoms with van der Waals surface area (Å²) in [4.78, 5) is 14.4. The molecule has 0 bridgehead atoms. The number of fused-ring (bicyclic) bond motifs is 1. The Morgan fingerprint density at radius 3 is 2.50 bits per heavy atom. The molecule has 0 atom stereocenters. The van der Waals surface area contributed by atoms with Gasteiger partial charge in [-0.15, -0.1) is 0 Å². The number of ether oxygens (including phenoxy) is 2. The Hall–Kier alpha value is -3.15. The van der Waals surface area contributed by atoms with Gasteiger partial charge in [0, 0.05) is 36.2 Å². The molecular weight excluding hydrogens is 356 g/mol. The van der Waals surface area contributed by atoms with Gasteiger partial charge in [0.25, 0.3) is 0 Å². The monoisotopic (exact) mass is 382 g/mol. The summed E-state index contributed by atoms with van der Waals surface area (Å²) in [7, 11) is 4.93. The van der Waals surface area contributed by atoms with E-state index in [1.165, 1.54) is 0 Å². The van der Waals surface area contributed by atoms with Gasteiger partial charge < -0.3 is 24.1 Å². The normalized spacial score (nSPS) is 10.8. The molecule has 28 heavy (non-hydrogen) atoms. The third-order valence-electron chi connectivity index (χ3n) is 4.82. The zero-order valence-corrected chi connectivity index (χ0v) is 17.0. The van der Waals surface area contributed by atoms with Crippen molar-refractivity contribution in [2.45, 2.75) is 26.8 Å². The van der Waals surface area contributed by atoms with Gasteiger partial charge in [0.05, 0.1) is 20.8 Å². The predicted molar refractivity (Wildman–Crippen MR) is 110 cm³/mol. The number of carbonyl (C=O) groups is 1. The van der Waals surface area contributed by atoms with Crippen molar-refractivity contribution < 1.29 is 18.7 Å². The molecule has 0 fully saturated rings. The van der Waals surface area contributed by atoms with Crippen LogP contribution in [0.1, 0.15) is 23.8 Å². The summed E-state index contributed by atoms with van der Waals surface area (Å²) in [6.07, 6.45) is 0.772. The average Bonchev–Trinajstić information content (AvgIpc) is 3.06. The van der Waals surface area contributed by atoms with Crippen LogP contribution in [-0.2, 0) is 13.0 Å². The van der Waals surface area contributed by atoms with Crippen LogP contribution in [0.5, 0.6) is 11.5 Å². The van der Waals surface area contributed by atoms with E-state index in [4.69, 9.17) is 13.9 Å². The second-order valence-electron chi connectivity index (χ2n) is 6.66. The summed E-state index contributed by atoms with van der Waals surface area (Å²) in [5, 5.41) is 4.00. The largest absolute Gasteiger partial charge is 0.493 e. The highest BCUT2D eigenvalue weighted by Crippen LogP contribution is 2.33. The number of rotatable bonds is 6. The minimum Gasteiger partial charge on any atom is -0.493 e. The molecule has 148 valence electrons. The highest BCUT2D eigenvalue weighted by molar-refractivity contribution is 5.91. The Labute approximate surface area is 165 Å². The van der Waals surface area contributed by atoms with E-state index >= 15 is 0 Å². The molecule has 0 spiro atoms. The van der Waals surface area contributed by atoms with Gasteiger partial charge in [-0.1, -0.05) is 25.1 Å². The van der Waals surface area contributed by atoms with Gasteiger partial charge in [0.15, 0.2) is 11.5 Å². The van der Waals surface area contributed by atoms with Crippen molar-refractivity contribution >= 4 is 22.7 Å². The maximum absolute atomic E-state index is 12.8. The molecule has 0 saturated heterocycles. The molecule has 1 aromatic heterocycles. The Morgan fingerprint density at radius 1 is 1.14 bits per heavy atom. The number of furan rings is 1. The lowest BCUT2D eigenvalue weighted by molar-refractivity contribution is 0.220. The molecule has 2 amide bonds. The van der Waals surface area contributed by atoms with Crippen molar-refractivity contribution in [3.8, 4) is 11.5 Å².